The molecule has 0 atom stereocenters. The second-order valence-corrected chi connectivity index (χ2v) is 7.87. The Morgan fingerprint density at radius 2 is 1.67 bits per heavy atom. The highest BCUT2D eigenvalue weighted by atomic mass is 79.9. The van der Waals surface area contributed by atoms with Crippen LogP contribution in [0, 0.1) is 0 Å². The minimum atomic E-state index is -0.00653. The zero-order valence-corrected chi connectivity index (χ0v) is 17.1. The van der Waals surface area contributed by atoms with E-state index in [2.05, 4.69) is 33.4 Å². The lowest BCUT2D eigenvalue weighted by molar-refractivity contribution is -0.113. The van der Waals surface area contributed by atoms with Crippen LogP contribution in [0.5, 0.6) is 5.75 Å². The van der Waals surface area contributed by atoms with E-state index >= 15 is 0 Å². The van der Waals surface area contributed by atoms with Crippen molar-refractivity contribution < 1.29 is 9.53 Å². The minimum absolute atomic E-state index is 0.00653. The van der Waals surface area contributed by atoms with Crippen molar-refractivity contribution in [2.24, 2.45) is 0 Å². The third-order valence-electron chi connectivity index (χ3n) is 3.78. The first-order valence-corrected chi connectivity index (χ1v) is 10.5. The van der Waals surface area contributed by atoms with E-state index in [0.717, 1.165) is 27.2 Å². The molecule has 3 aromatic carbocycles. The van der Waals surface area contributed by atoms with Crippen molar-refractivity contribution in [2.45, 2.75) is 12.4 Å². The molecule has 27 heavy (non-hydrogen) atoms. The molecule has 0 saturated carbocycles. The van der Waals surface area contributed by atoms with Gasteiger partial charge in [0.2, 0.25) is 5.91 Å². The van der Waals surface area contributed by atoms with Crippen molar-refractivity contribution in [2.75, 3.05) is 11.1 Å². The predicted molar refractivity (Wildman–Crippen MR) is 116 cm³/mol. The molecule has 0 saturated heterocycles. The maximum atomic E-state index is 12.1. The van der Waals surface area contributed by atoms with E-state index < -0.39 is 0 Å². The van der Waals surface area contributed by atoms with Crippen LogP contribution < -0.4 is 10.1 Å². The minimum Gasteiger partial charge on any atom is -0.489 e. The molecule has 138 valence electrons. The fourth-order valence-corrected chi connectivity index (χ4v) is 3.68. The molecule has 5 heteroatoms. The molecule has 0 heterocycles. The van der Waals surface area contributed by atoms with Crippen molar-refractivity contribution in [1.29, 1.82) is 0 Å². The highest BCUT2D eigenvalue weighted by molar-refractivity contribution is 9.10. The van der Waals surface area contributed by atoms with Crippen molar-refractivity contribution in [3.05, 3.63) is 94.5 Å². The lowest BCUT2D eigenvalue weighted by Crippen LogP contribution is -2.14. The molecule has 0 aliphatic rings. The first-order valence-electron chi connectivity index (χ1n) is 8.58. The zero-order chi connectivity index (χ0) is 18.9. The van der Waals surface area contributed by atoms with E-state index in [9.17, 15) is 4.79 Å². The molecule has 3 nitrogen and oxygen atoms in total. The van der Waals surface area contributed by atoms with Crippen LogP contribution in [0.3, 0.4) is 0 Å². The van der Waals surface area contributed by atoms with Crippen LogP contribution >= 0.6 is 27.7 Å². The fraction of sp³-hybridized carbons (Fsp3) is 0.136. The number of thioether (sulfide) groups is 1. The van der Waals surface area contributed by atoms with Gasteiger partial charge >= 0.3 is 0 Å². The Morgan fingerprint density at radius 1 is 0.926 bits per heavy atom. The average molecular weight is 442 g/mol. The van der Waals surface area contributed by atoms with Gasteiger partial charge in [-0.05, 0) is 47.5 Å². The SMILES string of the molecule is O=C(CSCc1cccc(Br)c1)Nc1ccc(OCc2ccccc2)cc1. The Labute approximate surface area is 172 Å². The highest BCUT2D eigenvalue weighted by Crippen LogP contribution is 2.19. The van der Waals surface area contributed by atoms with Gasteiger partial charge in [0, 0.05) is 15.9 Å². The lowest BCUT2D eigenvalue weighted by atomic mass is 10.2. The summed E-state index contributed by atoms with van der Waals surface area (Å²) in [4.78, 5) is 12.1. The largest absolute Gasteiger partial charge is 0.489 e. The Hall–Kier alpha value is -2.24. The van der Waals surface area contributed by atoms with E-state index in [1.807, 2.05) is 66.7 Å². The van der Waals surface area contributed by atoms with Crippen molar-refractivity contribution in [1.82, 2.24) is 0 Å². The summed E-state index contributed by atoms with van der Waals surface area (Å²) in [6.07, 6.45) is 0. The van der Waals surface area contributed by atoms with Crippen LogP contribution in [0.1, 0.15) is 11.1 Å². The maximum Gasteiger partial charge on any atom is 0.234 e. The van der Waals surface area contributed by atoms with Gasteiger partial charge in [-0.3, -0.25) is 4.79 Å². The molecule has 3 rings (SSSR count). The van der Waals surface area contributed by atoms with Gasteiger partial charge in [0.05, 0.1) is 5.75 Å². The second kappa shape index (κ2) is 10.2. The molecule has 1 amide bonds. The number of carbonyl (C=O) groups is 1. The average Bonchev–Trinajstić information content (AvgIpc) is 2.68. The zero-order valence-electron chi connectivity index (χ0n) is 14.7. The highest BCUT2D eigenvalue weighted by Gasteiger charge is 2.04. The van der Waals surface area contributed by atoms with Crippen molar-refractivity contribution in [3.8, 4) is 5.75 Å². The first kappa shape index (κ1) is 19.5. The van der Waals surface area contributed by atoms with E-state index in [1.54, 1.807) is 11.8 Å². The van der Waals surface area contributed by atoms with E-state index in [0.29, 0.717) is 12.4 Å². The van der Waals surface area contributed by atoms with Crippen LogP contribution in [0.4, 0.5) is 5.69 Å². The molecular weight excluding hydrogens is 422 g/mol. The normalized spacial score (nSPS) is 10.4. The second-order valence-electron chi connectivity index (χ2n) is 5.97. The molecule has 1 N–H and O–H groups in total. The number of ether oxygens (including phenoxy) is 1. The van der Waals surface area contributed by atoms with Gasteiger partial charge in [0.1, 0.15) is 12.4 Å². The van der Waals surface area contributed by atoms with Crippen LogP contribution in [-0.2, 0) is 17.2 Å². The third-order valence-corrected chi connectivity index (χ3v) is 5.27. The van der Waals surface area contributed by atoms with Crippen LogP contribution in [0.25, 0.3) is 0 Å². The van der Waals surface area contributed by atoms with Gasteiger partial charge in [0.25, 0.3) is 0 Å². The smallest absolute Gasteiger partial charge is 0.234 e. The van der Waals surface area contributed by atoms with Gasteiger partial charge in [-0.25, -0.2) is 0 Å². The Balaban J connectivity index is 1.41. The number of anilines is 1. The summed E-state index contributed by atoms with van der Waals surface area (Å²) in [6, 6.07) is 25.6. The van der Waals surface area contributed by atoms with E-state index in [-0.39, 0.29) is 5.91 Å². The molecule has 0 unspecified atom stereocenters. The van der Waals surface area contributed by atoms with Gasteiger partial charge in [-0.1, -0.05) is 58.4 Å². The standard InChI is InChI=1S/C22H20BrNO2S/c23-19-8-4-7-18(13-19)15-27-16-22(25)24-20-9-11-21(12-10-20)26-14-17-5-2-1-3-6-17/h1-13H,14-16H2,(H,24,25). The molecule has 0 aromatic heterocycles. The molecule has 0 aliphatic carbocycles. The fourth-order valence-electron chi connectivity index (χ4n) is 2.46. The van der Waals surface area contributed by atoms with Gasteiger partial charge < -0.3 is 10.1 Å². The van der Waals surface area contributed by atoms with Crippen LogP contribution in [-0.4, -0.2) is 11.7 Å². The van der Waals surface area contributed by atoms with Gasteiger partial charge in [-0.2, -0.15) is 0 Å². The molecule has 3 aromatic rings. The number of hydrogen-bond donors (Lipinski definition) is 1. The summed E-state index contributed by atoms with van der Waals surface area (Å²) < 4.78 is 6.81. The molecule has 0 fully saturated rings. The Bertz CT molecular complexity index is 869. The van der Waals surface area contributed by atoms with Crippen molar-refractivity contribution in [3.63, 3.8) is 0 Å². The maximum absolute atomic E-state index is 12.1. The quantitative estimate of drug-likeness (QED) is 0.472. The number of rotatable bonds is 8. The summed E-state index contributed by atoms with van der Waals surface area (Å²) >= 11 is 5.05. The number of carbonyl (C=O) groups excluding carboxylic acids is 1. The Kier molecular flexibility index (Phi) is 7.36. The summed E-state index contributed by atoms with van der Waals surface area (Å²) in [7, 11) is 0. The summed E-state index contributed by atoms with van der Waals surface area (Å²) in [5.74, 6) is 1.99. The molecule has 0 bridgehead atoms. The summed E-state index contributed by atoms with van der Waals surface area (Å²) in [5, 5.41) is 2.92. The van der Waals surface area contributed by atoms with E-state index in [1.165, 1.54) is 5.56 Å². The number of hydrogen-bond acceptors (Lipinski definition) is 3. The van der Waals surface area contributed by atoms with Gasteiger partial charge in [0.15, 0.2) is 0 Å². The van der Waals surface area contributed by atoms with Crippen LogP contribution in [0.15, 0.2) is 83.3 Å². The van der Waals surface area contributed by atoms with Crippen LogP contribution in [0.2, 0.25) is 0 Å². The predicted octanol–water partition coefficient (Wildman–Crippen LogP) is 5.90. The van der Waals surface area contributed by atoms with Gasteiger partial charge in [-0.15, -0.1) is 11.8 Å². The Morgan fingerprint density at radius 3 is 2.41 bits per heavy atom. The number of amides is 1. The molecule has 0 spiro atoms. The number of benzene rings is 3. The summed E-state index contributed by atoms with van der Waals surface area (Å²) in [6.45, 7) is 0.527. The summed E-state index contributed by atoms with van der Waals surface area (Å²) in [5.41, 5.74) is 3.09. The topological polar surface area (TPSA) is 38.3 Å². The molecule has 0 radical (unpaired) electrons. The first-order chi connectivity index (χ1) is 13.2. The van der Waals surface area contributed by atoms with E-state index in [4.69, 9.17) is 4.74 Å². The molecular formula is C22H20BrNO2S. The molecule has 0 aliphatic heterocycles. The lowest BCUT2D eigenvalue weighted by Gasteiger charge is -2.09. The third kappa shape index (κ3) is 6.77. The number of nitrogens with one attached hydrogen (secondary N) is 1. The monoisotopic (exact) mass is 441 g/mol. The number of halogens is 1. The van der Waals surface area contributed by atoms with Crippen molar-refractivity contribution >= 4 is 39.3 Å².